The number of nitrogens with zero attached hydrogens (tertiary/aromatic N) is 2. The van der Waals surface area contributed by atoms with E-state index in [0.29, 0.717) is 17.3 Å². The second kappa shape index (κ2) is 6.98. The molecule has 1 saturated heterocycles. The number of aromatic nitrogens is 1. The Balaban J connectivity index is 1.59. The van der Waals surface area contributed by atoms with Crippen molar-refractivity contribution in [3.63, 3.8) is 0 Å². The first-order chi connectivity index (χ1) is 12.2. The maximum absolute atomic E-state index is 12.4. The highest BCUT2D eigenvalue weighted by atomic mass is 35.5. The Morgan fingerprint density at radius 1 is 1.08 bits per heavy atom. The highest BCUT2D eigenvalue weighted by molar-refractivity contribution is 8.00. The fourth-order valence-corrected chi connectivity index (χ4v) is 4.39. The average Bonchev–Trinajstić information content (AvgIpc) is 3.24. The number of amides is 1. The summed E-state index contributed by atoms with van der Waals surface area (Å²) >= 11 is 7.77. The van der Waals surface area contributed by atoms with Crippen LogP contribution in [0.2, 0.25) is 5.02 Å². The molecule has 0 aliphatic carbocycles. The monoisotopic (exact) mass is 368 g/mol. The third kappa shape index (κ3) is 3.46. The lowest BCUT2D eigenvalue weighted by atomic mass is 10.2. The molecule has 126 valence electrons. The van der Waals surface area contributed by atoms with Crippen molar-refractivity contribution >= 4 is 29.3 Å². The summed E-state index contributed by atoms with van der Waals surface area (Å²) in [6, 6.07) is 20.0. The Labute approximate surface area is 156 Å². The number of rotatable bonds is 4. The van der Waals surface area contributed by atoms with Crippen LogP contribution in [0.4, 0.5) is 0 Å². The maximum atomic E-state index is 12.4. The van der Waals surface area contributed by atoms with Gasteiger partial charge in [0.1, 0.15) is 5.37 Å². The summed E-state index contributed by atoms with van der Waals surface area (Å²) in [5.41, 5.74) is 3.30. The van der Waals surface area contributed by atoms with Gasteiger partial charge in [-0.3, -0.25) is 4.79 Å². The van der Waals surface area contributed by atoms with Crippen molar-refractivity contribution in [3.05, 3.63) is 89.2 Å². The van der Waals surface area contributed by atoms with E-state index >= 15 is 0 Å². The first-order valence-corrected chi connectivity index (χ1v) is 9.52. The number of benzene rings is 2. The van der Waals surface area contributed by atoms with Gasteiger partial charge >= 0.3 is 0 Å². The van der Waals surface area contributed by atoms with Crippen LogP contribution >= 0.6 is 23.4 Å². The zero-order valence-electron chi connectivity index (χ0n) is 13.5. The molecule has 1 aliphatic heterocycles. The van der Waals surface area contributed by atoms with Gasteiger partial charge in [-0.15, -0.1) is 11.8 Å². The molecule has 0 bridgehead atoms. The van der Waals surface area contributed by atoms with E-state index in [4.69, 9.17) is 11.6 Å². The molecule has 1 aromatic heterocycles. The smallest absolute Gasteiger partial charge is 0.234 e. The van der Waals surface area contributed by atoms with Crippen LogP contribution in [0.25, 0.3) is 5.69 Å². The van der Waals surface area contributed by atoms with E-state index in [2.05, 4.69) is 24.4 Å². The quantitative estimate of drug-likeness (QED) is 0.654. The predicted octanol–water partition coefficient (Wildman–Crippen LogP) is 4.90. The third-order valence-corrected chi connectivity index (χ3v) is 5.76. The van der Waals surface area contributed by atoms with Crippen molar-refractivity contribution in [1.82, 2.24) is 9.47 Å². The van der Waals surface area contributed by atoms with Crippen molar-refractivity contribution < 1.29 is 4.79 Å². The Bertz CT molecular complexity index is 893. The van der Waals surface area contributed by atoms with E-state index < -0.39 is 0 Å². The molecule has 1 aliphatic rings. The standard InChI is InChI=1S/C20H17ClN2OS/c21-17-7-4-8-18(11-17)22-10-9-16(13-22)20-23(19(24)14-25-20)12-15-5-2-1-3-6-15/h1-11,13,20H,12,14H2. The Morgan fingerprint density at radius 2 is 1.92 bits per heavy atom. The number of halogens is 1. The summed E-state index contributed by atoms with van der Waals surface area (Å²) in [5, 5.41) is 0.761. The SMILES string of the molecule is O=C1CSC(c2ccn(-c3cccc(Cl)c3)c2)N1Cc1ccccc1. The maximum Gasteiger partial charge on any atom is 0.234 e. The van der Waals surface area contributed by atoms with Gasteiger partial charge in [0.05, 0.1) is 5.75 Å². The molecule has 0 radical (unpaired) electrons. The van der Waals surface area contributed by atoms with Crippen LogP contribution in [0.5, 0.6) is 0 Å². The third-order valence-electron chi connectivity index (χ3n) is 4.27. The second-order valence-corrected chi connectivity index (χ2v) is 7.51. The first kappa shape index (κ1) is 16.3. The molecule has 4 rings (SSSR count). The summed E-state index contributed by atoms with van der Waals surface area (Å²) in [6.45, 7) is 0.639. The van der Waals surface area contributed by atoms with Crippen molar-refractivity contribution in [3.8, 4) is 5.69 Å². The lowest BCUT2D eigenvalue weighted by molar-refractivity contribution is -0.128. The summed E-state index contributed by atoms with van der Waals surface area (Å²) in [5.74, 6) is 0.717. The molecule has 25 heavy (non-hydrogen) atoms. The highest BCUT2D eigenvalue weighted by Gasteiger charge is 2.33. The molecule has 0 spiro atoms. The van der Waals surface area contributed by atoms with Crippen molar-refractivity contribution in [1.29, 1.82) is 0 Å². The zero-order valence-corrected chi connectivity index (χ0v) is 15.1. The van der Waals surface area contributed by atoms with E-state index in [1.54, 1.807) is 11.8 Å². The van der Waals surface area contributed by atoms with Gasteiger partial charge in [0, 0.05) is 35.2 Å². The van der Waals surface area contributed by atoms with Gasteiger partial charge in [-0.1, -0.05) is 48.0 Å². The van der Waals surface area contributed by atoms with Crippen LogP contribution in [-0.2, 0) is 11.3 Å². The summed E-state index contributed by atoms with van der Waals surface area (Å²) in [4.78, 5) is 14.3. The van der Waals surface area contributed by atoms with Crippen LogP contribution in [-0.4, -0.2) is 21.1 Å². The Hall–Kier alpha value is -2.17. The van der Waals surface area contributed by atoms with Gasteiger partial charge in [0.15, 0.2) is 0 Å². The van der Waals surface area contributed by atoms with Gasteiger partial charge in [-0.2, -0.15) is 0 Å². The van der Waals surface area contributed by atoms with Crippen molar-refractivity contribution in [2.45, 2.75) is 11.9 Å². The molecule has 2 aromatic carbocycles. The highest BCUT2D eigenvalue weighted by Crippen LogP contribution is 2.40. The molecule has 0 saturated carbocycles. The second-order valence-electron chi connectivity index (χ2n) is 6.00. The van der Waals surface area contributed by atoms with Crippen LogP contribution in [0.1, 0.15) is 16.5 Å². The largest absolute Gasteiger partial charge is 0.323 e. The molecule has 3 aromatic rings. The van der Waals surface area contributed by atoms with Gasteiger partial charge < -0.3 is 9.47 Å². The summed E-state index contributed by atoms with van der Waals surface area (Å²) < 4.78 is 2.05. The number of hydrogen-bond acceptors (Lipinski definition) is 2. The molecule has 2 heterocycles. The van der Waals surface area contributed by atoms with Crippen molar-refractivity contribution in [2.24, 2.45) is 0 Å². The molecule has 0 N–H and O–H groups in total. The minimum absolute atomic E-state index is 0.0492. The van der Waals surface area contributed by atoms with Gasteiger partial charge in [-0.25, -0.2) is 0 Å². The Morgan fingerprint density at radius 3 is 2.72 bits per heavy atom. The van der Waals surface area contributed by atoms with Crippen molar-refractivity contribution in [2.75, 3.05) is 5.75 Å². The van der Waals surface area contributed by atoms with E-state index in [1.807, 2.05) is 58.1 Å². The molecule has 1 atom stereocenters. The van der Waals surface area contributed by atoms with Gasteiger partial charge in [0.25, 0.3) is 0 Å². The minimum Gasteiger partial charge on any atom is -0.323 e. The van der Waals surface area contributed by atoms with E-state index in [9.17, 15) is 4.79 Å². The zero-order chi connectivity index (χ0) is 17.2. The number of thioether (sulfide) groups is 1. The molecule has 5 heteroatoms. The fourth-order valence-electron chi connectivity index (χ4n) is 3.04. The lowest BCUT2D eigenvalue weighted by Gasteiger charge is -2.23. The number of carbonyl (C=O) groups is 1. The topological polar surface area (TPSA) is 25.2 Å². The Kier molecular flexibility index (Phi) is 4.55. The molecular weight excluding hydrogens is 352 g/mol. The van der Waals surface area contributed by atoms with E-state index in [0.717, 1.165) is 16.8 Å². The predicted molar refractivity (Wildman–Crippen MR) is 103 cm³/mol. The molecule has 1 unspecified atom stereocenters. The minimum atomic E-state index is 0.0492. The summed E-state index contributed by atoms with van der Waals surface area (Å²) in [7, 11) is 0. The number of carbonyl (C=O) groups excluding carboxylic acids is 1. The summed E-state index contributed by atoms with van der Waals surface area (Å²) in [6.07, 6.45) is 4.10. The fraction of sp³-hybridized carbons (Fsp3) is 0.150. The average molecular weight is 369 g/mol. The van der Waals surface area contributed by atoms with Crippen LogP contribution in [0.3, 0.4) is 0 Å². The molecular formula is C20H17ClN2OS. The van der Waals surface area contributed by atoms with Crippen LogP contribution < -0.4 is 0 Å². The van der Waals surface area contributed by atoms with Gasteiger partial charge in [-0.05, 0) is 29.8 Å². The number of hydrogen-bond donors (Lipinski definition) is 0. The van der Waals surface area contributed by atoms with Crippen LogP contribution in [0, 0.1) is 0 Å². The lowest BCUT2D eigenvalue weighted by Crippen LogP contribution is -2.27. The van der Waals surface area contributed by atoms with E-state index in [1.165, 1.54) is 0 Å². The normalized spacial score (nSPS) is 17.2. The van der Waals surface area contributed by atoms with Gasteiger partial charge in [0.2, 0.25) is 5.91 Å². The molecule has 1 fully saturated rings. The molecule has 1 amide bonds. The first-order valence-electron chi connectivity index (χ1n) is 8.09. The van der Waals surface area contributed by atoms with Crippen LogP contribution in [0.15, 0.2) is 73.1 Å². The van der Waals surface area contributed by atoms with E-state index in [-0.39, 0.29) is 11.3 Å². The molecule has 3 nitrogen and oxygen atoms in total.